The number of carboxylic acids is 1. The third kappa shape index (κ3) is 2.77. The molecule has 2 heterocycles. The predicted octanol–water partition coefficient (Wildman–Crippen LogP) is 0.175. The van der Waals surface area contributed by atoms with Crippen molar-refractivity contribution in [1.82, 2.24) is 10.1 Å². The quantitative estimate of drug-likeness (QED) is 0.767. The molecule has 7 heteroatoms. The molecule has 88 valence electrons. The Bertz CT molecular complexity index is 359. The van der Waals surface area contributed by atoms with Gasteiger partial charge in [0.2, 0.25) is 0 Å². The molecule has 0 aliphatic carbocycles. The fourth-order valence-corrected chi connectivity index (χ4v) is 1.46. The van der Waals surface area contributed by atoms with E-state index in [1.165, 1.54) is 0 Å². The molecule has 1 saturated heterocycles. The van der Waals surface area contributed by atoms with E-state index in [-0.39, 0.29) is 19.1 Å². The molecule has 2 rings (SSSR count). The highest BCUT2D eigenvalue weighted by atomic mass is 16.5. The lowest BCUT2D eigenvalue weighted by molar-refractivity contribution is -0.142. The normalized spacial score (nSPS) is 20.1. The average Bonchev–Trinajstić information content (AvgIpc) is 2.85. The van der Waals surface area contributed by atoms with Gasteiger partial charge in [0.05, 0.1) is 6.61 Å². The molecule has 0 saturated carbocycles. The molecule has 7 nitrogen and oxygen atoms in total. The van der Waals surface area contributed by atoms with Crippen LogP contribution < -0.4 is 0 Å². The Balaban J connectivity index is 1.84. The summed E-state index contributed by atoms with van der Waals surface area (Å²) in [5, 5.41) is 12.2. The molecule has 0 aromatic carbocycles. The highest BCUT2D eigenvalue weighted by Gasteiger charge is 2.23. The highest BCUT2D eigenvalue weighted by Crippen LogP contribution is 2.22. The number of aromatic nitrogens is 2. The third-order valence-electron chi connectivity index (χ3n) is 2.23. The van der Waals surface area contributed by atoms with E-state index < -0.39 is 5.97 Å². The minimum atomic E-state index is -1.02. The summed E-state index contributed by atoms with van der Waals surface area (Å²) in [5.74, 6) is 0.0514. The van der Waals surface area contributed by atoms with Crippen molar-refractivity contribution in [2.24, 2.45) is 0 Å². The van der Waals surface area contributed by atoms with Crippen molar-refractivity contribution in [1.29, 1.82) is 0 Å². The Morgan fingerprint density at radius 2 is 2.50 bits per heavy atom. The first-order chi connectivity index (χ1) is 7.75. The van der Waals surface area contributed by atoms with Crippen LogP contribution in [0.5, 0.6) is 0 Å². The van der Waals surface area contributed by atoms with Crippen molar-refractivity contribution in [3.63, 3.8) is 0 Å². The van der Waals surface area contributed by atoms with E-state index in [9.17, 15) is 4.79 Å². The topological polar surface area (TPSA) is 94.7 Å². The Hall–Kier alpha value is -1.47. The van der Waals surface area contributed by atoms with E-state index in [1.54, 1.807) is 0 Å². The summed E-state index contributed by atoms with van der Waals surface area (Å²) in [6.07, 6.45) is 0.884. The van der Waals surface area contributed by atoms with Gasteiger partial charge in [-0.3, -0.25) is 0 Å². The molecule has 1 aromatic rings. The van der Waals surface area contributed by atoms with Crippen molar-refractivity contribution >= 4 is 5.97 Å². The van der Waals surface area contributed by atoms with Gasteiger partial charge in [0.15, 0.2) is 5.82 Å². The van der Waals surface area contributed by atoms with Crippen molar-refractivity contribution in [3.05, 3.63) is 11.7 Å². The lowest BCUT2D eigenvalue weighted by atomic mass is 10.1. The second-order valence-electron chi connectivity index (χ2n) is 3.49. The van der Waals surface area contributed by atoms with Gasteiger partial charge in [-0.05, 0) is 6.42 Å². The average molecular weight is 228 g/mol. The van der Waals surface area contributed by atoms with Gasteiger partial charge in [-0.25, -0.2) is 4.79 Å². The molecule has 1 aromatic heterocycles. The first kappa shape index (κ1) is 11.0. The predicted molar refractivity (Wildman–Crippen MR) is 49.8 cm³/mol. The van der Waals surface area contributed by atoms with Gasteiger partial charge in [0.1, 0.15) is 13.2 Å². The van der Waals surface area contributed by atoms with Crippen LogP contribution in [0, 0.1) is 0 Å². The summed E-state index contributed by atoms with van der Waals surface area (Å²) in [7, 11) is 0. The van der Waals surface area contributed by atoms with Crippen molar-refractivity contribution in [2.75, 3.05) is 19.8 Å². The second-order valence-corrected chi connectivity index (χ2v) is 3.49. The van der Waals surface area contributed by atoms with Crippen LogP contribution >= 0.6 is 0 Å². The zero-order chi connectivity index (χ0) is 11.4. The van der Waals surface area contributed by atoms with Gasteiger partial charge in [0, 0.05) is 12.5 Å². The summed E-state index contributed by atoms with van der Waals surface area (Å²) in [6.45, 7) is 0.968. The third-order valence-corrected chi connectivity index (χ3v) is 2.23. The van der Waals surface area contributed by atoms with Gasteiger partial charge in [-0.1, -0.05) is 5.16 Å². The number of hydrogen-bond donors (Lipinski definition) is 1. The molecule has 1 fully saturated rings. The van der Waals surface area contributed by atoms with Crippen LogP contribution in [-0.4, -0.2) is 41.0 Å². The van der Waals surface area contributed by atoms with E-state index in [4.69, 9.17) is 19.1 Å². The molecule has 0 amide bonds. The van der Waals surface area contributed by atoms with Crippen molar-refractivity contribution < 1.29 is 23.9 Å². The lowest BCUT2D eigenvalue weighted by Gasteiger charge is -1.97. The molecule has 1 unspecified atom stereocenters. The van der Waals surface area contributed by atoms with Crippen molar-refractivity contribution in [3.8, 4) is 0 Å². The van der Waals surface area contributed by atoms with Gasteiger partial charge in [-0.2, -0.15) is 4.98 Å². The zero-order valence-electron chi connectivity index (χ0n) is 8.59. The van der Waals surface area contributed by atoms with Crippen LogP contribution in [0.1, 0.15) is 24.1 Å². The van der Waals surface area contributed by atoms with Gasteiger partial charge >= 0.3 is 5.97 Å². The summed E-state index contributed by atoms with van der Waals surface area (Å²) >= 11 is 0. The van der Waals surface area contributed by atoms with E-state index in [1.807, 2.05) is 0 Å². The van der Waals surface area contributed by atoms with Crippen LogP contribution in [0.25, 0.3) is 0 Å². The number of carbonyl (C=O) groups is 1. The van der Waals surface area contributed by atoms with E-state index in [2.05, 4.69) is 10.1 Å². The van der Waals surface area contributed by atoms with Crippen LogP contribution in [0.4, 0.5) is 0 Å². The van der Waals surface area contributed by atoms with Crippen LogP contribution in [-0.2, 0) is 20.9 Å². The summed E-state index contributed by atoms with van der Waals surface area (Å²) < 4.78 is 15.0. The smallest absolute Gasteiger partial charge is 0.329 e. The first-order valence-corrected chi connectivity index (χ1v) is 4.95. The first-order valence-electron chi connectivity index (χ1n) is 4.95. The largest absolute Gasteiger partial charge is 0.480 e. The molecule has 1 aliphatic heterocycles. The molecule has 16 heavy (non-hydrogen) atoms. The molecule has 0 bridgehead atoms. The number of ether oxygens (including phenoxy) is 2. The summed E-state index contributed by atoms with van der Waals surface area (Å²) in [4.78, 5) is 14.3. The maximum atomic E-state index is 10.2. The van der Waals surface area contributed by atoms with Gasteiger partial charge < -0.3 is 19.1 Å². The highest BCUT2D eigenvalue weighted by molar-refractivity contribution is 5.67. The fraction of sp³-hybridized carbons (Fsp3) is 0.667. The standard InChI is InChI=1S/C9H12N2O5/c12-8(13)5-15-4-7-10-9(11-16-7)6-1-2-14-3-6/h6H,1-5H2,(H,12,13). The molecular formula is C9H12N2O5. The number of nitrogens with zero attached hydrogens (tertiary/aromatic N) is 2. The van der Waals surface area contributed by atoms with Crippen LogP contribution in [0.3, 0.4) is 0 Å². The molecule has 1 N–H and O–H groups in total. The maximum Gasteiger partial charge on any atom is 0.329 e. The number of aliphatic carboxylic acids is 1. The number of hydrogen-bond acceptors (Lipinski definition) is 6. The second kappa shape index (κ2) is 5.04. The van der Waals surface area contributed by atoms with E-state index in [0.717, 1.165) is 6.42 Å². The van der Waals surface area contributed by atoms with Crippen LogP contribution in [0.2, 0.25) is 0 Å². The summed E-state index contributed by atoms with van der Waals surface area (Å²) in [5.41, 5.74) is 0. The molecule has 1 aliphatic rings. The number of rotatable bonds is 5. The Kier molecular flexibility index (Phi) is 3.47. The molecular weight excluding hydrogens is 216 g/mol. The van der Waals surface area contributed by atoms with Crippen molar-refractivity contribution in [2.45, 2.75) is 18.9 Å². The van der Waals surface area contributed by atoms with Gasteiger partial charge in [0.25, 0.3) is 5.89 Å². The zero-order valence-corrected chi connectivity index (χ0v) is 8.59. The Morgan fingerprint density at radius 1 is 1.62 bits per heavy atom. The van der Waals surface area contributed by atoms with E-state index in [0.29, 0.717) is 24.9 Å². The Labute approximate surface area is 91.3 Å². The minimum absolute atomic E-state index is 0.0207. The lowest BCUT2D eigenvalue weighted by Crippen LogP contribution is -2.07. The summed E-state index contributed by atoms with van der Waals surface area (Å²) in [6, 6.07) is 0. The Morgan fingerprint density at radius 3 is 3.19 bits per heavy atom. The number of carboxylic acid groups (broad SMARTS) is 1. The fourth-order valence-electron chi connectivity index (χ4n) is 1.46. The van der Waals surface area contributed by atoms with Gasteiger partial charge in [-0.15, -0.1) is 0 Å². The molecule has 0 radical (unpaired) electrons. The maximum absolute atomic E-state index is 10.2. The molecule has 1 atom stereocenters. The minimum Gasteiger partial charge on any atom is -0.480 e. The van der Waals surface area contributed by atoms with E-state index >= 15 is 0 Å². The molecule has 0 spiro atoms. The van der Waals surface area contributed by atoms with Crippen LogP contribution in [0.15, 0.2) is 4.52 Å². The SMILES string of the molecule is O=C(O)COCc1nc(C2CCOC2)no1. The monoisotopic (exact) mass is 228 g/mol.